The molecule has 3 nitrogen and oxygen atoms in total. The summed E-state index contributed by atoms with van der Waals surface area (Å²) in [5.41, 5.74) is 0. The van der Waals surface area contributed by atoms with Gasteiger partial charge in [0.05, 0.1) is 6.61 Å². The molecule has 0 saturated carbocycles. The predicted molar refractivity (Wildman–Crippen MR) is 58.5 cm³/mol. The lowest BCUT2D eigenvalue weighted by atomic mass is 10.4. The molecule has 0 saturated heterocycles. The summed E-state index contributed by atoms with van der Waals surface area (Å²) in [6.45, 7) is 5.21. The summed E-state index contributed by atoms with van der Waals surface area (Å²) < 4.78 is 11.5. The minimum absolute atomic E-state index is 0.0248. The summed E-state index contributed by atoms with van der Waals surface area (Å²) in [7, 11) is 0. The van der Waals surface area contributed by atoms with Crippen LogP contribution in [0.15, 0.2) is 22.8 Å². The molecule has 4 heteroatoms. The topological polar surface area (TPSA) is 31.4 Å². The molecule has 0 aliphatic rings. The highest BCUT2D eigenvalue weighted by atomic mass is 79.9. The molecule has 0 fully saturated rings. The van der Waals surface area contributed by atoms with Gasteiger partial charge >= 0.3 is 0 Å². The molecule has 0 spiro atoms. The SMILES string of the molecule is CCOCC(C)Oc1cccc(Br)n1. The maximum atomic E-state index is 5.53. The van der Waals surface area contributed by atoms with Crippen LogP contribution in [0, 0.1) is 0 Å². The number of ether oxygens (including phenoxy) is 2. The van der Waals surface area contributed by atoms with Gasteiger partial charge in [0.15, 0.2) is 0 Å². The molecule has 14 heavy (non-hydrogen) atoms. The quantitative estimate of drug-likeness (QED) is 0.762. The number of hydrogen-bond donors (Lipinski definition) is 0. The monoisotopic (exact) mass is 259 g/mol. The highest BCUT2D eigenvalue weighted by Gasteiger charge is 2.04. The molecule has 0 aliphatic carbocycles. The van der Waals surface area contributed by atoms with Crippen molar-refractivity contribution < 1.29 is 9.47 Å². The number of pyridine rings is 1. The Morgan fingerprint density at radius 3 is 2.93 bits per heavy atom. The van der Waals surface area contributed by atoms with Crippen LogP contribution < -0.4 is 4.74 Å². The van der Waals surface area contributed by atoms with Crippen LogP contribution >= 0.6 is 15.9 Å². The molecule has 0 bridgehead atoms. The second-order valence-corrected chi connectivity index (χ2v) is 3.70. The van der Waals surface area contributed by atoms with E-state index in [1.54, 1.807) is 0 Å². The Balaban J connectivity index is 2.43. The normalized spacial score (nSPS) is 12.5. The standard InChI is InChI=1S/C10H14BrNO2/c1-3-13-7-8(2)14-10-6-4-5-9(11)12-10/h4-6,8H,3,7H2,1-2H3. The highest BCUT2D eigenvalue weighted by molar-refractivity contribution is 9.10. The average Bonchev–Trinajstić information content (AvgIpc) is 2.15. The molecule has 0 aliphatic heterocycles. The summed E-state index contributed by atoms with van der Waals surface area (Å²) in [5, 5.41) is 0. The highest BCUT2D eigenvalue weighted by Crippen LogP contribution is 2.13. The second kappa shape index (κ2) is 5.98. The third-order valence-electron chi connectivity index (χ3n) is 1.57. The number of rotatable bonds is 5. The molecule has 78 valence electrons. The molecule has 1 atom stereocenters. The minimum Gasteiger partial charge on any atom is -0.472 e. The van der Waals surface area contributed by atoms with Crippen molar-refractivity contribution in [2.75, 3.05) is 13.2 Å². The third kappa shape index (κ3) is 4.07. The van der Waals surface area contributed by atoms with Crippen LogP contribution in [0.4, 0.5) is 0 Å². The fourth-order valence-corrected chi connectivity index (χ4v) is 1.31. The van der Waals surface area contributed by atoms with Crippen molar-refractivity contribution in [1.82, 2.24) is 4.98 Å². The molecule has 0 amide bonds. The fraction of sp³-hybridized carbons (Fsp3) is 0.500. The Morgan fingerprint density at radius 2 is 2.29 bits per heavy atom. The van der Waals surface area contributed by atoms with E-state index in [1.165, 1.54) is 0 Å². The van der Waals surface area contributed by atoms with Crippen LogP contribution in [0.3, 0.4) is 0 Å². The molecule has 1 rings (SSSR count). The van der Waals surface area contributed by atoms with Gasteiger partial charge < -0.3 is 9.47 Å². The smallest absolute Gasteiger partial charge is 0.214 e. The van der Waals surface area contributed by atoms with Gasteiger partial charge in [0, 0.05) is 12.7 Å². The van der Waals surface area contributed by atoms with Crippen molar-refractivity contribution in [2.45, 2.75) is 20.0 Å². The molecule has 0 aromatic carbocycles. The van der Waals surface area contributed by atoms with Crippen molar-refractivity contribution >= 4 is 15.9 Å². The zero-order valence-electron chi connectivity index (χ0n) is 8.37. The van der Waals surface area contributed by atoms with Gasteiger partial charge in [-0.05, 0) is 35.8 Å². The summed E-state index contributed by atoms with van der Waals surface area (Å²) in [5.74, 6) is 0.617. The third-order valence-corrected chi connectivity index (χ3v) is 2.01. The average molecular weight is 260 g/mol. The summed E-state index contributed by atoms with van der Waals surface area (Å²) >= 11 is 3.28. The van der Waals surface area contributed by atoms with Gasteiger partial charge in [-0.1, -0.05) is 6.07 Å². The van der Waals surface area contributed by atoms with Gasteiger partial charge in [0.1, 0.15) is 10.7 Å². The summed E-state index contributed by atoms with van der Waals surface area (Å²) in [6.07, 6.45) is 0.0248. The first-order valence-electron chi connectivity index (χ1n) is 4.59. The molecular formula is C10H14BrNO2. The van der Waals surface area contributed by atoms with Crippen LogP contribution in [-0.2, 0) is 4.74 Å². The van der Waals surface area contributed by atoms with E-state index in [-0.39, 0.29) is 6.10 Å². The summed E-state index contributed by atoms with van der Waals surface area (Å²) in [4.78, 5) is 4.16. The lowest BCUT2D eigenvalue weighted by Crippen LogP contribution is -2.19. The molecule has 1 aromatic heterocycles. The van der Waals surface area contributed by atoms with Gasteiger partial charge in [0.2, 0.25) is 5.88 Å². The van der Waals surface area contributed by atoms with Crippen molar-refractivity contribution in [3.05, 3.63) is 22.8 Å². The second-order valence-electron chi connectivity index (χ2n) is 2.89. The number of halogens is 1. The van der Waals surface area contributed by atoms with Crippen LogP contribution in [0.25, 0.3) is 0 Å². The van der Waals surface area contributed by atoms with Gasteiger partial charge in [-0.25, -0.2) is 4.98 Å². The lowest BCUT2D eigenvalue weighted by molar-refractivity contribution is 0.0633. The predicted octanol–water partition coefficient (Wildman–Crippen LogP) is 2.65. The molecule has 1 unspecified atom stereocenters. The largest absolute Gasteiger partial charge is 0.472 e. The fourth-order valence-electron chi connectivity index (χ4n) is 0.979. The number of aromatic nitrogens is 1. The Hall–Kier alpha value is -0.610. The van der Waals surface area contributed by atoms with Crippen molar-refractivity contribution in [3.63, 3.8) is 0 Å². The number of nitrogens with zero attached hydrogens (tertiary/aromatic N) is 1. The first kappa shape index (κ1) is 11.5. The minimum atomic E-state index is 0.0248. The van der Waals surface area contributed by atoms with E-state index in [4.69, 9.17) is 9.47 Å². The van der Waals surface area contributed by atoms with Gasteiger partial charge in [0.25, 0.3) is 0 Å². The van der Waals surface area contributed by atoms with Gasteiger partial charge in [-0.15, -0.1) is 0 Å². The Bertz CT molecular complexity index is 281. The van der Waals surface area contributed by atoms with Gasteiger partial charge in [-0.3, -0.25) is 0 Å². The zero-order valence-corrected chi connectivity index (χ0v) is 9.95. The molecular weight excluding hydrogens is 246 g/mol. The zero-order chi connectivity index (χ0) is 10.4. The van der Waals surface area contributed by atoms with E-state index in [9.17, 15) is 0 Å². The molecule has 0 radical (unpaired) electrons. The lowest BCUT2D eigenvalue weighted by Gasteiger charge is -2.13. The van der Waals surface area contributed by atoms with E-state index >= 15 is 0 Å². The van der Waals surface area contributed by atoms with Crippen LogP contribution in [0.1, 0.15) is 13.8 Å². The maximum Gasteiger partial charge on any atom is 0.214 e. The van der Waals surface area contributed by atoms with E-state index < -0.39 is 0 Å². The van der Waals surface area contributed by atoms with E-state index in [0.29, 0.717) is 19.1 Å². The van der Waals surface area contributed by atoms with Crippen LogP contribution in [-0.4, -0.2) is 24.3 Å². The van der Waals surface area contributed by atoms with E-state index in [0.717, 1.165) is 4.60 Å². The Labute approximate surface area is 92.6 Å². The van der Waals surface area contributed by atoms with Crippen LogP contribution in [0.5, 0.6) is 5.88 Å². The van der Waals surface area contributed by atoms with E-state index in [2.05, 4.69) is 20.9 Å². The molecule has 1 heterocycles. The first-order chi connectivity index (χ1) is 6.72. The van der Waals surface area contributed by atoms with Crippen LogP contribution in [0.2, 0.25) is 0 Å². The molecule has 1 aromatic rings. The maximum absolute atomic E-state index is 5.53. The van der Waals surface area contributed by atoms with E-state index in [1.807, 2.05) is 32.0 Å². The Kier molecular flexibility index (Phi) is 4.90. The van der Waals surface area contributed by atoms with Crippen molar-refractivity contribution in [2.24, 2.45) is 0 Å². The van der Waals surface area contributed by atoms with Crippen molar-refractivity contribution in [3.8, 4) is 5.88 Å². The Morgan fingerprint density at radius 1 is 1.50 bits per heavy atom. The summed E-state index contributed by atoms with van der Waals surface area (Å²) in [6, 6.07) is 5.58. The van der Waals surface area contributed by atoms with Gasteiger partial charge in [-0.2, -0.15) is 0 Å². The molecule has 0 N–H and O–H groups in total. The first-order valence-corrected chi connectivity index (χ1v) is 5.38. The van der Waals surface area contributed by atoms with Crippen molar-refractivity contribution in [1.29, 1.82) is 0 Å². The number of hydrogen-bond acceptors (Lipinski definition) is 3.